The molecule has 188 valence electrons. The van der Waals surface area contributed by atoms with Gasteiger partial charge in [0.15, 0.2) is 0 Å². The van der Waals surface area contributed by atoms with Gasteiger partial charge in [-0.05, 0) is 61.7 Å². The summed E-state index contributed by atoms with van der Waals surface area (Å²) in [7, 11) is 3.96. The van der Waals surface area contributed by atoms with Crippen LogP contribution in [-0.4, -0.2) is 47.5 Å². The van der Waals surface area contributed by atoms with Crippen molar-refractivity contribution in [3.05, 3.63) is 64.2 Å². The molecule has 0 radical (unpaired) electrons. The molecule has 0 aliphatic heterocycles. The van der Waals surface area contributed by atoms with Crippen molar-refractivity contribution in [1.29, 1.82) is 0 Å². The van der Waals surface area contributed by atoms with Gasteiger partial charge in [0.1, 0.15) is 5.01 Å². The minimum atomic E-state index is -1.06. The second-order valence-corrected chi connectivity index (χ2v) is 12.0. The van der Waals surface area contributed by atoms with Crippen LogP contribution in [0.3, 0.4) is 0 Å². The van der Waals surface area contributed by atoms with Crippen molar-refractivity contribution in [3.63, 3.8) is 0 Å². The van der Waals surface area contributed by atoms with E-state index in [1.807, 2.05) is 82.2 Å². The summed E-state index contributed by atoms with van der Waals surface area (Å²) >= 11 is 1.52. The molecule has 2 N–H and O–H groups in total. The van der Waals surface area contributed by atoms with Gasteiger partial charge in [0, 0.05) is 5.56 Å². The molecule has 1 heterocycles. The van der Waals surface area contributed by atoms with Crippen molar-refractivity contribution >= 4 is 33.4 Å². The molecule has 1 aliphatic carbocycles. The number of carboxylic acids is 1. The van der Waals surface area contributed by atoms with Gasteiger partial charge >= 0.3 is 5.97 Å². The summed E-state index contributed by atoms with van der Waals surface area (Å²) in [6.07, 6.45) is 0.829. The Bertz CT molecular complexity index is 1330. The Labute approximate surface area is 216 Å². The van der Waals surface area contributed by atoms with Crippen LogP contribution in [0.5, 0.6) is 0 Å². The van der Waals surface area contributed by atoms with E-state index in [9.17, 15) is 14.7 Å². The number of carboxylic acid groups (broad SMARTS) is 1. The van der Waals surface area contributed by atoms with Gasteiger partial charge in [-0.15, -0.1) is 11.3 Å². The first-order chi connectivity index (χ1) is 17.0. The first-order valence-corrected chi connectivity index (χ1v) is 12.9. The first-order valence-electron chi connectivity index (χ1n) is 12.1. The minimum absolute atomic E-state index is 0.226. The lowest BCUT2D eigenvalue weighted by atomic mass is 9.61. The van der Waals surface area contributed by atoms with E-state index in [1.54, 1.807) is 0 Å². The standard InChI is InChI=1S/C29H33N3O3S/c1-28(2,3)25(26(33)34)29(16-20-10-6-7-11-21(20)17-29)27(35)30-18-24-31-22-13-12-19(15-23(22)36-24)9-8-14-32(4)5/h6-7,10-13,15,25H,14,16-18H2,1-5H3,(H,30,35)(H,33,34). The second-order valence-electron chi connectivity index (χ2n) is 10.9. The van der Waals surface area contributed by atoms with Crippen molar-refractivity contribution < 1.29 is 14.7 Å². The summed E-state index contributed by atoms with van der Waals surface area (Å²) in [5, 5.41) is 14.1. The average molecular weight is 504 g/mol. The Morgan fingerprint density at radius 2 is 1.83 bits per heavy atom. The molecule has 7 heteroatoms. The number of amides is 1. The number of thiazole rings is 1. The van der Waals surface area contributed by atoms with Crippen LogP contribution in [0.1, 0.15) is 42.5 Å². The van der Waals surface area contributed by atoms with Gasteiger partial charge < -0.3 is 10.4 Å². The van der Waals surface area contributed by atoms with Gasteiger partial charge in [0.05, 0.1) is 34.6 Å². The lowest BCUT2D eigenvalue weighted by Crippen LogP contribution is -2.53. The van der Waals surface area contributed by atoms with Crippen LogP contribution >= 0.6 is 11.3 Å². The van der Waals surface area contributed by atoms with E-state index in [2.05, 4.69) is 22.1 Å². The molecule has 0 fully saturated rings. The summed E-state index contributed by atoms with van der Waals surface area (Å²) in [5.74, 6) is 4.32. The molecule has 1 aromatic heterocycles. The van der Waals surface area contributed by atoms with E-state index in [0.29, 0.717) is 19.4 Å². The fourth-order valence-electron chi connectivity index (χ4n) is 5.33. The highest BCUT2D eigenvalue weighted by atomic mass is 32.1. The van der Waals surface area contributed by atoms with Crippen molar-refractivity contribution in [2.24, 2.45) is 16.7 Å². The predicted octanol–water partition coefficient (Wildman–Crippen LogP) is 4.36. The number of aromatic nitrogens is 1. The van der Waals surface area contributed by atoms with Gasteiger partial charge in [-0.2, -0.15) is 0 Å². The summed E-state index contributed by atoms with van der Waals surface area (Å²) < 4.78 is 1.01. The Kier molecular flexibility index (Phi) is 7.21. The SMILES string of the molecule is CN(C)CC#Cc1ccc2nc(CNC(=O)C3(C(C(=O)O)C(C)(C)C)Cc4ccccc4C3)sc2c1. The summed E-state index contributed by atoms with van der Waals surface area (Å²) in [4.78, 5) is 33.1. The Hall–Kier alpha value is -3.21. The molecule has 1 atom stereocenters. The highest BCUT2D eigenvalue weighted by Crippen LogP contribution is 2.49. The molecule has 36 heavy (non-hydrogen) atoms. The van der Waals surface area contributed by atoms with Gasteiger partial charge in [0.2, 0.25) is 5.91 Å². The van der Waals surface area contributed by atoms with E-state index in [-0.39, 0.29) is 12.5 Å². The normalized spacial score (nSPS) is 15.3. The van der Waals surface area contributed by atoms with Crippen molar-refractivity contribution in [2.75, 3.05) is 20.6 Å². The maximum Gasteiger partial charge on any atom is 0.308 e. The zero-order chi connectivity index (χ0) is 26.1. The minimum Gasteiger partial charge on any atom is -0.481 e. The summed E-state index contributed by atoms with van der Waals surface area (Å²) in [5.41, 5.74) is 2.24. The van der Waals surface area contributed by atoms with Gasteiger partial charge in [-0.3, -0.25) is 14.5 Å². The molecule has 0 spiro atoms. The van der Waals surface area contributed by atoms with Crippen LogP contribution in [0.25, 0.3) is 10.2 Å². The van der Waals surface area contributed by atoms with E-state index in [4.69, 9.17) is 0 Å². The van der Waals surface area contributed by atoms with Crippen LogP contribution in [-0.2, 0) is 29.0 Å². The number of carbonyl (C=O) groups excluding carboxylic acids is 1. The van der Waals surface area contributed by atoms with Crippen LogP contribution < -0.4 is 5.32 Å². The summed E-state index contributed by atoms with van der Waals surface area (Å²) in [6.45, 7) is 6.65. The highest BCUT2D eigenvalue weighted by Gasteiger charge is 2.56. The smallest absolute Gasteiger partial charge is 0.308 e. The molecule has 1 aliphatic rings. The fraction of sp³-hybridized carbons (Fsp3) is 0.414. The molecule has 0 saturated heterocycles. The third kappa shape index (κ3) is 5.30. The molecule has 2 aromatic carbocycles. The third-order valence-corrected chi connectivity index (χ3v) is 7.73. The summed E-state index contributed by atoms with van der Waals surface area (Å²) in [6, 6.07) is 13.8. The molecule has 1 unspecified atom stereocenters. The topological polar surface area (TPSA) is 82.5 Å². The Balaban J connectivity index is 1.57. The lowest BCUT2D eigenvalue weighted by Gasteiger charge is -2.41. The van der Waals surface area contributed by atoms with E-state index in [0.717, 1.165) is 31.9 Å². The maximum atomic E-state index is 13.8. The number of nitrogens with zero attached hydrogens (tertiary/aromatic N) is 2. The molecule has 0 saturated carbocycles. The van der Waals surface area contributed by atoms with Crippen molar-refractivity contribution in [3.8, 4) is 11.8 Å². The first kappa shape index (κ1) is 25.9. The van der Waals surface area contributed by atoms with Gasteiger partial charge in [-0.25, -0.2) is 4.98 Å². The molecular formula is C29H33N3O3S. The Morgan fingerprint density at radius 3 is 2.42 bits per heavy atom. The molecule has 6 nitrogen and oxygen atoms in total. The van der Waals surface area contributed by atoms with Gasteiger partial charge in [-0.1, -0.05) is 56.9 Å². The number of nitrogens with one attached hydrogen (secondary N) is 1. The highest BCUT2D eigenvalue weighted by molar-refractivity contribution is 7.18. The van der Waals surface area contributed by atoms with Gasteiger partial charge in [0.25, 0.3) is 0 Å². The fourth-order valence-corrected chi connectivity index (χ4v) is 6.28. The van der Waals surface area contributed by atoms with Crippen LogP contribution in [0.2, 0.25) is 0 Å². The Morgan fingerprint density at radius 1 is 1.17 bits per heavy atom. The zero-order valence-corrected chi connectivity index (χ0v) is 22.3. The number of hydrogen-bond donors (Lipinski definition) is 2. The molecule has 3 aromatic rings. The number of rotatable bonds is 6. The zero-order valence-electron chi connectivity index (χ0n) is 21.5. The van der Waals surface area contributed by atoms with Crippen molar-refractivity contribution in [2.45, 2.75) is 40.2 Å². The molecule has 1 amide bonds. The number of carbonyl (C=O) groups is 2. The number of benzene rings is 2. The number of fused-ring (bicyclic) bond motifs is 2. The second kappa shape index (κ2) is 10.0. The van der Waals surface area contributed by atoms with Crippen LogP contribution in [0.4, 0.5) is 0 Å². The number of hydrogen-bond acceptors (Lipinski definition) is 5. The quantitative estimate of drug-likeness (QED) is 0.489. The molecular weight excluding hydrogens is 470 g/mol. The third-order valence-electron chi connectivity index (χ3n) is 6.71. The molecule has 4 rings (SSSR count). The average Bonchev–Trinajstić information content (AvgIpc) is 3.37. The van der Waals surface area contributed by atoms with E-state index >= 15 is 0 Å². The number of aliphatic carboxylic acids is 1. The largest absolute Gasteiger partial charge is 0.481 e. The van der Waals surface area contributed by atoms with Crippen LogP contribution in [0, 0.1) is 28.6 Å². The van der Waals surface area contributed by atoms with Crippen LogP contribution in [0.15, 0.2) is 42.5 Å². The van der Waals surface area contributed by atoms with E-state index in [1.165, 1.54) is 11.3 Å². The molecule has 0 bridgehead atoms. The maximum absolute atomic E-state index is 13.8. The van der Waals surface area contributed by atoms with E-state index < -0.39 is 22.7 Å². The monoisotopic (exact) mass is 503 g/mol. The predicted molar refractivity (Wildman–Crippen MR) is 144 cm³/mol. The van der Waals surface area contributed by atoms with Crippen molar-refractivity contribution in [1.82, 2.24) is 15.2 Å². The lowest BCUT2D eigenvalue weighted by molar-refractivity contribution is -0.159.